The number of hydrogen-bond donors (Lipinski definition) is 4. The highest BCUT2D eigenvalue weighted by Gasteiger charge is 2.76. The van der Waals surface area contributed by atoms with Gasteiger partial charge in [-0.25, -0.2) is 0 Å². The summed E-state index contributed by atoms with van der Waals surface area (Å²) in [5.74, 6) is -0.132. The first-order chi connectivity index (χ1) is 16.5. The Kier molecular flexibility index (Phi) is 6.12. The van der Waals surface area contributed by atoms with E-state index in [1.165, 1.54) is 13.3 Å². The minimum Gasteiger partial charge on any atom is -0.495 e. The van der Waals surface area contributed by atoms with Crippen molar-refractivity contribution in [3.05, 3.63) is 88.2 Å². The molecule has 3 aromatic rings. The molecule has 0 amide bonds. The Labute approximate surface area is 206 Å². The summed E-state index contributed by atoms with van der Waals surface area (Å²) in [4.78, 5) is 4.24. The number of pyridine rings is 1. The molecular weight excluding hydrogens is 500 g/mol. The Morgan fingerprint density at radius 1 is 1.12 bits per heavy atom. The van der Waals surface area contributed by atoms with Gasteiger partial charge in [0, 0.05) is 29.4 Å². The summed E-state index contributed by atoms with van der Waals surface area (Å²) < 4.78 is 13.2. The lowest BCUT2D eigenvalue weighted by Crippen LogP contribution is -2.52. The molecule has 1 aliphatic heterocycles. The van der Waals surface area contributed by atoms with E-state index < -0.39 is 29.1 Å². The van der Waals surface area contributed by atoms with E-state index in [-0.39, 0.29) is 6.61 Å². The summed E-state index contributed by atoms with van der Waals surface area (Å²) in [6, 6.07) is 17.4. The van der Waals surface area contributed by atoms with Crippen LogP contribution in [0.4, 0.5) is 0 Å². The third-order valence-electron chi connectivity index (χ3n) is 7.11. The second-order valence-electron chi connectivity index (χ2n) is 8.75. The number of fused-ring (bicyclic) bond motifs is 3. The minimum atomic E-state index is -1.82. The van der Waals surface area contributed by atoms with Crippen molar-refractivity contribution in [1.29, 1.82) is 0 Å². The smallest absolute Gasteiger partial charge is 0.177 e. The quantitative estimate of drug-likeness (QED) is 0.351. The molecule has 1 aromatic heterocycles. The predicted molar refractivity (Wildman–Crippen MR) is 130 cm³/mol. The van der Waals surface area contributed by atoms with Crippen LogP contribution in [0.5, 0.6) is 11.5 Å². The van der Waals surface area contributed by atoms with E-state index >= 15 is 0 Å². The molecule has 0 saturated heterocycles. The van der Waals surface area contributed by atoms with E-state index in [0.29, 0.717) is 30.2 Å². The number of hydrogen-bond acceptors (Lipinski definition) is 7. The van der Waals surface area contributed by atoms with Crippen LogP contribution in [0, 0.1) is 5.92 Å². The second-order valence-corrected chi connectivity index (χ2v) is 9.67. The van der Waals surface area contributed by atoms with Crippen molar-refractivity contribution in [2.24, 2.45) is 5.92 Å². The standard InChI is InChI=1S/C26H27BrN2O5/c1-33-20-14-29-15-21-23(20)25(32)24(31)19(13-28-11-12-30)22(16-5-3-2-4-6-16)26(25,34-21)17-7-9-18(27)10-8-17/h2-10,14-15,19,22,24,28,30-32H,11-13H2,1H3/t19-,22?,24-,25?,26?/m1/s1. The van der Waals surface area contributed by atoms with Crippen molar-refractivity contribution in [1.82, 2.24) is 10.3 Å². The molecule has 3 unspecified atom stereocenters. The average Bonchev–Trinajstić information content (AvgIpc) is 3.23. The van der Waals surface area contributed by atoms with E-state index in [2.05, 4.69) is 26.2 Å². The summed E-state index contributed by atoms with van der Waals surface area (Å²) >= 11 is 3.50. The van der Waals surface area contributed by atoms with Gasteiger partial charge in [0.1, 0.15) is 11.5 Å². The van der Waals surface area contributed by atoms with E-state index in [9.17, 15) is 15.3 Å². The maximum Gasteiger partial charge on any atom is 0.177 e. The largest absolute Gasteiger partial charge is 0.495 e. The number of aliphatic hydroxyl groups is 3. The van der Waals surface area contributed by atoms with Gasteiger partial charge in [-0.1, -0.05) is 58.4 Å². The molecule has 2 aromatic carbocycles. The molecule has 1 aliphatic carbocycles. The van der Waals surface area contributed by atoms with Crippen LogP contribution in [0.1, 0.15) is 22.6 Å². The van der Waals surface area contributed by atoms with E-state index in [0.717, 1.165) is 15.6 Å². The van der Waals surface area contributed by atoms with Gasteiger partial charge in [-0.2, -0.15) is 0 Å². The van der Waals surface area contributed by atoms with Gasteiger partial charge in [-0.15, -0.1) is 0 Å². The van der Waals surface area contributed by atoms with Crippen LogP contribution in [0.3, 0.4) is 0 Å². The maximum absolute atomic E-state index is 12.6. The second kappa shape index (κ2) is 8.94. The lowest BCUT2D eigenvalue weighted by atomic mass is 9.70. The third-order valence-corrected chi connectivity index (χ3v) is 7.64. The zero-order valence-corrected chi connectivity index (χ0v) is 20.3. The van der Waals surface area contributed by atoms with Gasteiger partial charge in [0.15, 0.2) is 11.2 Å². The molecule has 2 aliphatic rings. The van der Waals surface area contributed by atoms with Crippen molar-refractivity contribution in [3.8, 4) is 11.5 Å². The number of ether oxygens (including phenoxy) is 2. The van der Waals surface area contributed by atoms with Gasteiger partial charge in [-0.3, -0.25) is 4.98 Å². The molecule has 0 radical (unpaired) electrons. The number of nitrogens with one attached hydrogen (secondary N) is 1. The van der Waals surface area contributed by atoms with Crippen LogP contribution in [-0.4, -0.2) is 53.2 Å². The Balaban J connectivity index is 1.80. The van der Waals surface area contributed by atoms with Gasteiger partial charge in [0.05, 0.1) is 37.8 Å². The topological polar surface area (TPSA) is 104 Å². The molecule has 0 bridgehead atoms. The number of nitrogens with zero attached hydrogens (tertiary/aromatic N) is 1. The molecule has 4 N–H and O–H groups in total. The van der Waals surface area contributed by atoms with E-state index in [4.69, 9.17) is 9.47 Å². The molecule has 1 saturated carbocycles. The Morgan fingerprint density at radius 3 is 2.53 bits per heavy atom. The number of benzene rings is 2. The van der Waals surface area contributed by atoms with Gasteiger partial charge in [0.2, 0.25) is 0 Å². The first-order valence-corrected chi connectivity index (χ1v) is 12.0. The Hall–Kier alpha value is -2.49. The lowest BCUT2D eigenvalue weighted by molar-refractivity contribution is -0.152. The monoisotopic (exact) mass is 526 g/mol. The van der Waals surface area contributed by atoms with Crippen LogP contribution >= 0.6 is 15.9 Å². The van der Waals surface area contributed by atoms with Crippen LogP contribution < -0.4 is 14.8 Å². The molecule has 178 valence electrons. The highest BCUT2D eigenvalue weighted by atomic mass is 79.9. The molecule has 8 heteroatoms. The van der Waals surface area contributed by atoms with Gasteiger partial charge >= 0.3 is 0 Å². The number of halogens is 1. The van der Waals surface area contributed by atoms with Crippen LogP contribution in [0.15, 0.2) is 71.5 Å². The number of aliphatic hydroxyl groups excluding tert-OH is 2. The summed E-state index contributed by atoms with van der Waals surface area (Å²) in [6.07, 6.45) is 1.88. The van der Waals surface area contributed by atoms with Gasteiger partial charge in [0.25, 0.3) is 0 Å². The maximum atomic E-state index is 12.6. The zero-order chi connectivity index (χ0) is 23.9. The van der Waals surface area contributed by atoms with E-state index in [1.807, 2.05) is 54.6 Å². The van der Waals surface area contributed by atoms with Crippen LogP contribution in [0.2, 0.25) is 0 Å². The first kappa shape index (κ1) is 23.3. The lowest BCUT2D eigenvalue weighted by Gasteiger charge is -2.41. The number of rotatable bonds is 7. The fourth-order valence-corrected chi connectivity index (χ4v) is 6.07. The SMILES string of the molecule is COc1cncc2c1C1(O)[C@H](O)[C@H](CNCCO)C(c3ccccc3)C1(c1ccc(Br)cc1)O2. The molecule has 5 rings (SSSR count). The molecule has 7 nitrogen and oxygen atoms in total. The molecular formula is C26H27BrN2O5. The summed E-state index contributed by atoms with van der Waals surface area (Å²) in [5, 5.41) is 37.0. The normalized spacial score (nSPS) is 29.4. The number of aromatic nitrogens is 1. The molecule has 1 fully saturated rings. The third kappa shape index (κ3) is 3.21. The Bertz CT molecular complexity index is 1160. The van der Waals surface area contributed by atoms with Crippen molar-refractivity contribution < 1.29 is 24.8 Å². The highest BCUT2D eigenvalue weighted by Crippen LogP contribution is 2.69. The molecule has 34 heavy (non-hydrogen) atoms. The van der Waals surface area contributed by atoms with Crippen molar-refractivity contribution in [2.45, 2.75) is 23.2 Å². The molecule has 5 atom stereocenters. The molecule has 2 heterocycles. The van der Waals surface area contributed by atoms with Crippen LogP contribution in [-0.2, 0) is 11.2 Å². The average molecular weight is 527 g/mol. The van der Waals surface area contributed by atoms with Crippen LogP contribution in [0.25, 0.3) is 0 Å². The first-order valence-electron chi connectivity index (χ1n) is 11.2. The van der Waals surface area contributed by atoms with Gasteiger partial charge < -0.3 is 30.1 Å². The summed E-state index contributed by atoms with van der Waals surface area (Å²) in [5.41, 5.74) is -1.12. The summed E-state index contributed by atoms with van der Waals surface area (Å²) in [7, 11) is 1.51. The molecule has 0 spiro atoms. The fourth-order valence-electron chi connectivity index (χ4n) is 5.81. The number of methoxy groups -OCH3 is 1. The predicted octanol–water partition coefficient (Wildman–Crippen LogP) is 2.68. The van der Waals surface area contributed by atoms with E-state index in [1.54, 1.807) is 6.20 Å². The minimum absolute atomic E-state index is 0.0280. The highest BCUT2D eigenvalue weighted by molar-refractivity contribution is 9.10. The fraction of sp³-hybridized carbons (Fsp3) is 0.346. The van der Waals surface area contributed by atoms with Crippen molar-refractivity contribution >= 4 is 15.9 Å². The Morgan fingerprint density at radius 2 is 1.85 bits per heavy atom. The van der Waals surface area contributed by atoms with Gasteiger partial charge in [-0.05, 0) is 23.3 Å². The zero-order valence-electron chi connectivity index (χ0n) is 18.7. The van der Waals surface area contributed by atoms with Crippen molar-refractivity contribution in [2.75, 3.05) is 26.8 Å². The summed E-state index contributed by atoms with van der Waals surface area (Å²) in [6.45, 7) is 0.715. The van der Waals surface area contributed by atoms with Crippen molar-refractivity contribution in [3.63, 3.8) is 0 Å².